The highest BCUT2D eigenvalue weighted by atomic mass is 35.5. The number of benzene rings is 1. The number of likely N-dealkylation sites (tertiary alicyclic amines) is 1. The van der Waals surface area contributed by atoms with Crippen LogP contribution in [0.1, 0.15) is 26.7 Å². The number of esters is 1. The molecule has 29 heavy (non-hydrogen) atoms. The summed E-state index contributed by atoms with van der Waals surface area (Å²) in [6, 6.07) is 3.59. The number of amides is 1. The number of ether oxygens (including phenoxy) is 2. The summed E-state index contributed by atoms with van der Waals surface area (Å²) in [5, 5.41) is 0.323. The Morgan fingerprint density at radius 1 is 1.31 bits per heavy atom. The summed E-state index contributed by atoms with van der Waals surface area (Å²) in [4.78, 5) is 26.6. The van der Waals surface area contributed by atoms with E-state index in [1.165, 1.54) is 20.1 Å². The number of anilines is 1. The molecule has 1 amide bonds. The number of methoxy groups -OCH3 is 1. The Labute approximate surface area is 176 Å². The predicted molar refractivity (Wildman–Crippen MR) is 111 cm³/mol. The Kier molecular flexibility index (Phi) is 7.76. The van der Waals surface area contributed by atoms with Crippen LogP contribution in [0.5, 0.6) is 5.75 Å². The number of sulfonamides is 1. The van der Waals surface area contributed by atoms with Crippen molar-refractivity contribution in [2.45, 2.75) is 32.7 Å². The molecule has 10 heteroatoms. The zero-order valence-corrected chi connectivity index (χ0v) is 18.6. The number of halogens is 1. The zero-order chi connectivity index (χ0) is 21.8. The molecule has 1 heterocycles. The average molecular weight is 447 g/mol. The summed E-state index contributed by atoms with van der Waals surface area (Å²) in [6.45, 7) is 4.32. The highest BCUT2D eigenvalue weighted by Crippen LogP contribution is 2.34. The first-order valence-electron chi connectivity index (χ1n) is 9.38. The molecule has 0 radical (unpaired) electrons. The standard InChI is InChI=1S/C19H27ClN2O6S/c1-5-28-19(24)14-8-10-21(11-9-14)18(23)13(2)22(29(4,25)26)16-12-15(20)6-7-17(16)27-3/h6-7,12-14H,5,8-11H2,1-4H3/t13-/m1/s1. The van der Waals surface area contributed by atoms with Gasteiger partial charge in [0.25, 0.3) is 0 Å². The molecule has 1 fully saturated rings. The summed E-state index contributed by atoms with van der Waals surface area (Å²) in [7, 11) is -2.39. The van der Waals surface area contributed by atoms with Crippen LogP contribution in [-0.2, 0) is 24.3 Å². The monoisotopic (exact) mass is 446 g/mol. The van der Waals surface area contributed by atoms with Crippen molar-refractivity contribution in [3.05, 3.63) is 23.2 Å². The van der Waals surface area contributed by atoms with E-state index in [-0.39, 0.29) is 23.5 Å². The van der Waals surface area contributed by atoms with Gasteiger partial charge in [-0.05, 0) is 44.9 Å². The second-order valence-electron chi connectivity index (χ2n) is 6.90. The second kappa shape index (κ2) is 9.67. The van der Waals surface area contributed by atoms with Crippen LogP contribution in [0.15, 0.2) is 18.2 Å². The van der Waals surface area contributed by atoms with Gasteiger partial charge in [-0.25, -0.2) is 8.42 Å². The van der Waals surface area contributed by atoms with E-state index in [0.717, 1.165) is 10.6 Å². The molecule has 0 saturated carbocycles. The molecular weight excluding hydrogens is 420 g/mol. The summed E-state index contributed by atoms with van der Waals surface area (Å²) in [5.74, 6) is -0.553. The number of carbonyl (C=O) groups excluding carboxylic acids is 2. The predicted octanol–water partition coefficient (Wildman–Crippen LogP) is 2.30. The first-order chi connectivity index (χ1) is 13.6. The van der Waals surface area contributed by atoms with E-state index in [4.69, 9.17) is 21.1 Å². The fourth-order valence-corrected chi connectivity index (χ4v) is 4.80. The molecule has 1 atom stereocenters. The van der Waals surface area contributed by atoms with Gasteiger partial charge in [-0.1, -0.05) is 11.6 Å². The van der Waals surface area contributed by atoms with Crippen LogP contribution in [0.3, 0.4) is 0 Å². The third-order valence-corrected chi connectivity index (χ3v) is 6.33. The Hall–Kier alpha value is -2.00. The van der Waals surface area contributed by atoms with E-state index in [1.807, 2.05) is 0 Å². The fraction of sp³-hybridized carbons (Fsp3) is 0.579. The first-order valence-corrected chi connectivity index (χ1v) is 11.6. The SMILES string of the molecule is CCOC(=O)C1CCN(C(=O)[C@@H](C)N(c2cc(Cl)ccc2OC)S(C)(=O)=O)CC1. The maximum absolute atomic E-state index is 13.1. The zero-order valence-electron chi connectivity index (χ0n) is 17.1. The molecule has 1 aliphatic rings. The molecule has 1 aromatic rings. The van der Waals surface area contributed by atoms with Gasteiger partial charge in [-0.3, -0.25) is 13.9 Å². The average Bonchev–Trinajstić information content (AvgIpc) is 2.67. The van der Waals surface area contributed by atoms with E-state index in [9.17, 15) is 18.0 Å². The van der Waals surface area contributed by atoms with E-state index in [0.29, 0.717) is 43.3 Å². The van der Waals surface area contributed by atoms with Crippen molar-refractivity contribution >= 4 is 39.2 Å². The van der Waals surface area contributed by atoms with E-state index in [1.54, 1.807) is 24.0 Å². The Morgan fingerprint density at radius 2 is 1.93 bits per heavy atom. The summed E-state index contributed by atoms with van der Waals surface area (Å²) < 4.78 is 36.4. The minimum absolute atomic E-state index is 0.199. The largest absolute Gasteiger partial charge is 0.495 e. The molecule has 1 saturated heterocycles. The molecule has 162 valence electrons. The van der Waals surface area contributed by atoms with Crippen molar-refractivity contribution in [2.75, 3.05) is 37.4 Å². The number of hydrogen-bond acceptors (Lipinski definition) is 6. The fourth-order valence-electron chi connectivity index (χ4n) is 3.47. The van der Waals surface area contributed by atoms with Crippen LogP contribution in [-0.4, -0.2) is 64.3 Å². The van der Waals surface area contributed by atoms with E-state index in [2.05, 4.69) is 0 Å². The lowest BCUT2D eigenvalue weighted by Gasteiger charge is -2.36. The molecule has 8 nitrogen and oxygen atoms in total. The number of carbonyl (C=O) groups is 2. The highest BCUT2D eigenvalue weighted by Gasteiger charge is 2.36. The van der Waals surface area contributed by atoms with Crippen molar-refractivity contribution in [1.82, 2.24) is 4.90 Å². The number of piperidine rings is 1. The summed E-state index contributed by atoms with van der Waals surface area (Å²) in [5.41, 5.74) is 0.199. The van der Waals surface area contributed by atoms with Crippen LogP contribution in [0.25, 0.3) is 0 Å². The van der Waals surface area contributed by atoms with Gasteiger partial charge in [0, 0.05) is 18.1 Å². The molecule has 0 aromatic heterocycles. The van der Waals surface area contributed by atoms with Gasteiger partial charge in [0.1, 0.15) is 11.8 Å². The normalized spacial score (nSPS) is 16.2. The quantitative estimate of drug-likeness (QED) is 0.596. The number of nitrogens with zero attached hydrogens (tertiary/aromatic N) is 2. The third-order valence-electron chi connectivity index (χ3n) is 4.87. The maximum atomic E-state index is 13.1. The molecule has 0 spiro atoms. The molecule has 1 aromatic carbocycles. The summed E-state index contributed by atoms with van der Waals surface area (Å²) in [6.07, 6.45) is 2.00. The van der Waals surface area contributed by atoms with Crippen LogP contribution < -0.4 is 9.04 Å². The second-order valence-corrected chi connectivity index (χ2v) is 9.20. The molecule has 2 rings (SSSR count). The van der Waals surface area contributed by atoms with Crippen molar-refractivity contribution in [3.63, 3.8) is 0 Å². The lowest BCUT2D eigenvalue weighted by Crippen LogP contribution is -2.51. The minimum Gasteiger partial charge on any atom is -0.495 e. The Balaban J connectivity index is 2.23. The van der Waals surface area contributed by atoms with Gasteiger partial charge in [0.15, 0.2) is 0 Å². The molecule has 0 bridgehead atoms. The lowest BCUT2D eigenvalue weighted by molar-refractivity contribution is -0.151. The Morgan fingerprint density at radius 3 is 2.45 bits per heavy atom. The summed E-state index contributed by atoms with van der Waals surface area (Å²) >= 11 is 6.06. The van der Waals surface area contributed by atoms with Crippen molar-refractivity contribution in [3.8, 4) is 5.75 Å². The lowest BCUT2D eigenvalue weighted by atomic mass is 9.96. The van der Waals surface area contributed by atoms with E-state index < -0.39 is 16.1 Å². The van der Waals surface area contributed by atoms with Crippen LogP contribution in [0, 0.1) is 5.92 Å². The van der Waals surface area contributed by atoms with Crippen molar-refractivity contribution in [2.24, 2.45) is 5.92 Å². The third kappa shape index (κ3) is 5.54. The van der Waals surface area contributed by atoms with Gasteiger partial charge in [-0.15, -0.1) is 0 Å². The molecule has 0 unspecified atom stereocenters. The van der Waals surface area contributed by atoms with E-state index >= 15 is 0 Å². The van der Waals surface area contributed by atoms with Gasteiger partial charge < -0.3 is 14.4 Å². The molecule has 0 aliphatic carbocycles. The Bertz CT molecular complexity index is 852. The van der Waals surface area contributed by atoms with Crippen molar-refractivity contribution < 1.29 is 27.5 Å². The van der Waals surface area contributed by atoms with Gasteiger partial charge in [-0.2, -0.15) is 0 Å². The van der Waals surface area contributed by atoms with Gasteiger partial charge >= 0.3 is 5.97 Å². The molecule has 1 aliphatic heterocycles. The highest BCUT2D eigenvalue weighted by molar-refractivity contribution is 7.92. The number of rotatable bonds is 7. The van der Waals surface area contributed by atoms with Crippen LogP contribution >= 0.6 is 11.6 Å². The van der Waals surface area contributed by atoms with Crippen molar-refractivity contribution in [1.29, 1.82) is 0 Å². The number of hydrogen-bond donors (Lipinski definition) is 0. The van der Waals surface area contributed by atoms with Crippen LogP contribution in [0.4, 0.5) is 5.69 Å². The topological polar surface area (TPSA) is 93.2 Å². The molecular formula is C19H27ClN2O6S. The van der Waals surface area contributed by atoms with Gasteiger partial charge in [0.2, 0.25) is 15.9 Å². The van der Waals surface area contributed by atoms with Gasteiger partial charge in [0.05, 0.1) is 31.6 Å². The maximum Gasteiger partial charge on any atom is 0.309 e. The molecule has 0 N–H and O–H groups in total. The van der Waals surface area contributed by atoms with Crippen LogP contribution in [0.2, 0.25) is 5.02 Å². The first kappa shape index (κ1) is 23.3. The minimum atomic E-state index is -3.81. The smallest absolute Gasteiger partial charge is 0.309 e.